The van der Waals surface area contributed by atoms with Crippen molar-refractivity contribution < 1.29 is 0 Å². The number of hydrogen-bond donors (Lipinski definition) is 1. The molecule has 0 aromatic rings. The van der Waals surface area contributed by atoms with Crippen molar-refractivity contribution in [1.82, 2.24) is 0 Å². The van der Waals surface area contributed by atoms with Crippen LogP contribution in [0.1, 0.15) is 34.1 Å². The SMILES string of the molecule is CCC=NC1=C(N)C=CC(C)(C(C)C)C=C1. The maximum atomic E-state index is 5.97. The van der Waals surface area contributed by atoms with Crippen LogP contribution in [0.4, 0.5) is 0 Å². The van der Waals surface area contributed by atoms with E-state index in [1.165, 1.54) is 0 Å². The first-order valence-electron chi connectivity index (χ1n) is 5.90. The largest absolute Gasteiger partial charge is 0.397 e. The topological polar surface area (TPSA) is 38.4 Å². The Morgan fingerprint density at radius 3 is 2.56 bits per heavy atom. The summed E-state index contributed by atoms with van der Waals surface area (Å²) in [7, 11) is 0. The number of rotatable bonds is 3. The fourth-order valence-corrected chi connectivity index (χ4v) is 1.46. The predicted molar refractivity (Wildman–Crippen MR) is 71.2 cm³/mol. The first-order chi connectivity index (χ1) is 7.49. The third-order valence-electron chi connectivity index (χ3n) is 3.18. The van der Waals surface area contributed by atoms with E-state index >= 15 is 0 Å². The predicted octanol–water partition coefficient (Wildman–Crippen LogP) is 3.43. The van der Waals surface area contributed by atoms with Gasteiger partial charge >= 0.3 is 0 Å². The molecular formula is C14H22N2. The van der Waals surface area contributed by atoms with Crippen molar-refractivity contribution in [1.29, 1.82) is 0 Å². The van der Waals surface area contributed by atoms with E-state index < -0.39 is 0 Å². The molecule has 2 nitrogen and oxygen atoms in total. The summed E-state index contributed by atoms with van der Waals surface area (Å²) in [5, 5.41) is 0. The highest BCUT2D eigenvalue weighted by Gasteiger charge is 2.23. The molecule has 1 aliphatic carbocycles. The highest BCUT2D eigenvalue weighted by Crippen LogP contribution is 2.33. The molecule has 0 saturated heterocycles. The number of hydrogen-bond acceptors (Lipinski definition) is 2. The van der Waals surface area contributed by atoms with Gasteiger partial charge in [-0.15, -0.1) is 0 Å². The Morgan fingerprint density at radius 1 is 1.38 bits per heavy atom. The Labute approximate surface area is 98.6 Å². The molecular weight excluding hydrogens is 196 g/mol. The summed E-state index contributed by atoms with van der Waals surface area (Å²) in [5.41, 5.74) is 7.64. The molecule has 2 N–H and O–H groups in total. The zero-order valence-corrected chi connectivity index (χ0v) is 10.7. The number of nitrogens with two attached hydrogens (primary N) is 1. The highest BCUT2D eigenvalue weighted by atomic mass is 14.8. The average Bonchev–Trinajstić information content (AvgIpc) is 2.39. The van der Waals surface area contributed by atoms with Crippen molar-refractivity contribution in [2.24, 2.45) is 22.1 Å². The summed E-state index contributed by atoms with van der Waals surface area (Å²) in [4.78, 5) is 4.36. The van der Waals surface area contributed by atoms with Gasteiger partial charge in [-0.3, -0.25) is 4.99 Å². The summed E-state index contributed by atoms with van der Waals surface area (Å²) in [6.45, 7) is 8.70. The summed E-state index contributed by atoms with van der Waals surface area (Å²) in [6, 6.07) is 0. The van der Waals surface area contributed by atoms with E-state index in [4.69, 9.17) is 5.73 Å². The second-order valence-corrected chi connectivity index (χ2v) is 4.75. The van der Waals surface area contributed by atoms with Crippen LogP contribution in [-0.2, 0) is 0 Å². The zero-order chi connectivity index (χ0) is 12.2. The molecule has 1 aliphatic rings. The average molecular weight is 218 g/mol. The Bertz CT molecular complexity index is 359. The van der Waals surface area contributed by atoms with Crippen LogP contribution in [0.25, 0.3) is 0 Å². The van der Waals surface area contributed by atoms with Crippen LogP contribution in [0, 0.1) is 11.3 Å². The van der Waals surface area contributed by atoms with Gasteiger partial charge in [0.15, 0.2) is 0 Å². The molecule has 0 saturated carbocycles. The molecule has 88 valence electrons. The maximum absolute atomic E-state index is 5.97. The maximum Gasteiger partial charge on any atom is 0.0851 e. The van der Waals surface area contributed by atoms with Gasteiger partial charge in [0.05, 0.1) is 11.4 Å². The normalized spacial score (nSPS) is 25.8. The van der Waals surface area contributed by atoms with Gasteiger partial charge in [-0.1, -0.05) is 39.8 Å². The lowest BCUT2D eigenvalue weighted by molar-refractivity contribution is 0.383. The molecule has 0 aliphatic heterocycles. The molecule has 16 heavy (non-hydrogen) atoms. The standard InChI is InChI=1S/C14H22N2/c1-5-10-16-13-7-9-14(4,11(2)3)8-6-12(13)15/h6-11H,5,15H2,1-4H3. The lowest BCUT2D eigenvalue weighted by atomic mass is 9.79. The molecule has 0 fully saturated rings. The first-order valence-corrected chi connectivity index (χ1v) is 5.90. The van der Waals surface area contributed by atoms with Crippen molar-refractivity contribution in [3.63, 3.8) is 0 Å². The van der Waals surface area contributed by atoms with Crippen molar-refractivity contribution >= 4 is 6.21 Å². The van der Waals surface area contributed by atoms with Crippen molar-refractivity contribution in [3.8, 4) is 0 Å². The van der Waals surface area contributed by atoms with Crippen LogP contribution < -0.4 is 5.73 Å². The summed E-state index contributed by atoms with van der Waals surface area (Å²) >= 11 is 0. The van der Waals surface area contributed by atoms with Gasteiger partial charge in [-0.25, -0.2) is 0 Å². The van der Waals surface area contributed by atoms with Gasteiger partial charge in [0.2, 0.25) is 0 Å². The molecule has 1 rings (SSSR count). The molecule has 0 amide bonds. The number of aliphatic imine (C=N–C) groups is 1. The Morgan fingerprint density at radius 2 is 2.00 bits per heavy atom. The number of nitrogens with zero attached hydrogens (tertiary/aromatic N) is 1. The highest BCUT2D eigenvalue weighted by molar-refractivity contribution is 5.60. The molecule has 0 aromatic carbocycles. The van der Waals surface area contributed by atoms with Crippen molar-refractivity contribution in [2.45, 2.75) is 34.1 Å². The van der Waals surface area contributed by atoms with E-state index in [1.54, 1.807) is 0 Å². The zero-order valence-electron chi connectivity index (χ0n) is 10.7. The lowest BCUT2D eigenvalue weighted by Gasteiger charge is -2.26. The first kappa shape index (κ1) is 12.8. The monoisotopic (exact) mass is 218 g/mol. The second-order valence-electron chi connectivity index (χ2n) is 4.75. The molecule has 0 aromatic heterocycles. The molecule has 1 unspecified atom stereocenters. The van der Waals surface area contributed by atoms with Gasteiger partial charge < -0.3 is 5.73 Å². The van der Waals surface area contributed by atoms with Crippen LogP contribution in [0.2, 0.25) is 0 Å². The Hall–Kier alpha value is -1.31. The van der Waals surface area contributed by atoms with Crippen LogP contribution in [0.15, 0.2) is 40.7 Å². The quantitative estimate of drug-likeness (QED) is 0.724. The van der Waals surface area contributed by atoms with Gasteiger partial charge in [0.1, 0.15) is 0 Å². The third-order valence-corrected chi connectivity index (χ3v) is 3.18. The fraction of sp³-hybridized carbons (Fsp3) is 0.500. The smallest absolute Gasteiger partial charge is 0.0851 e. The van der Waals surface area contributed by atoms with E-state index in [0.717, 1.165) is 17.8 Å². The minimum absolute atomic E-state index is 0.0636. The molecule has 0 radical (unpaired) electrons. The minimum Gasteiger partial charge on any atom is -0.397 e. The van der Waals surface area contributed by atoms with Crippen LogP contribution in [0.3, 0.4) is 0 Å². The summed E-state index contributed by atoms with van der Waals surface area (Å²) in [6.07, 6.45) is 11.2. The molecule has 1 atom stereocenters. The van der Waals surface area contributed by atoms with Gasteiger partial charge in [-0.2, -0.15) is 0 Å². The van der Waals surface area contributed by atoms with Crippen LogP contribution in [-0.4, -0.2) is 6.21 Å². The van der Waals surface area contributed by atoms with Crippen molar-refractivity contribution in [2.75, 3.05) is 0 Å². The lowest BCUT2D eigenvalue weighted by Crippen LogP contribution is -2.17. The third kappa shape index (κ3) is 2.84. The van der Waals surface area contributed by atoms with E-state index in [2.05, 4.69) is 44.8 Å². The van der Waals surface area contributed by atoms with Gasteiger partial charge in [-0.05, 0) is 24.5 Å². The molecule has 2 heteroatoms. The molecule has 0 heterocycles. The van der Waals surface area contributed by atoms with Crippen LogP contribution >= 0.6 is 0 Å². The minimum atomic E-state index is 0.0636. The van der Waals surface area contributed by atoms with E-state index in [9.17, 15) is 0 Å². The summed E-state index contributed by atoms with van der Waals surface area (Å²) < 4.78 is 0. The fourth-order valence-electron chi connectivity index (χ4n) is 1.46. The van der Waals surface area contributed by atoms with Crippen LogP contribution in [0.5, 0.6) is 0 Å². The van der Waals surface area contributed by atoms with Gasteiger partial charge in [0.25, 0.3) is 0 Å². The second kappa shape index (κ2) is 5.15. The number of allylic oxidation sites excluding steroid dienone is 4. The molecule has 0 bridgehead atoms. The Kier molecular flexibility index (Phi) is 4.11. The van der Waals surface area contributed by atoms with Gasteiger partial charge in [0, 0.05) is 11.6 Å². The summed E-state index contributed by atoms with van der Waals surface area (Å²) in [5.74, 6) is 0.544. The Balaban J connectivity index is 3.01. The van der Waals surface area contributed by atoms with E-state index in [-0.39, 0.29) is 5.41 Å². The van der Waals surface area contributed by atoms with E-state index in [1.807, 2.05) is 18.4 Å². The molecule has 0 spiro atoms. The van der Waals surface area contributed by atoms with Crippen molar-refractivity contribution in [3.05, 3.63) is 35.7 Å². The van der Waals surface area contributed by atoms with E-state index in [0.29, 0.717) is 5.92 Å².